The topological polar surface area (TPSA) is 58.6 Å². The Morgan fingerprint density at radius 2 is 1.85 bits per heavy atom. The molecule has 0 aromatic heterocycles. The summed E-state index contributed by atoms with van der Waals surface area (Å²) < 4.78 is 5.31. The van der Waals surface area contributed by atoms with Gasteiger partial charge in [0.2, 0.25) is 11.8 Å². The second-order valence-corrected chi connectivity index (χ2v) is 5.38. The van der Waals surface area contributed by atoms with Crippen molar-refractivity contribution in [2.45, 2.75) is 40.0 Å². The summed E-state index contributed by atoms with van der Waals surface area (Å²) in [4.78, 5) is 25.5. The Morgan fingerprint density at radius 3 is 2.35 bits per heavy atom. The summed E-state index contributed by atoms with van der Waals surface area (Å²) in [7, 11) is 3.50. The van der Waals surface area contributed by atoms with Gasteiger partial charge >= 0.3 is 0 Å². The third kappa shape index (κ3) is 7.48. The highest BCUT2D eigenvalue weighted by Gasteiger charge is 2.24. The predicted molar refractivity (Wildman–Crippen MR) is 80.4 cm³/mol. The Morgan fingerprint density at radius 1 is 1.20 bits per heavy atom. The molecule has 20 heavy (non-hydrogen) atoms. The monoisotopic (exact) mass is 286 g/mol. The standard InChI is InChI=1S/C15H30N2O3/c1-6-9-20-10-8-16-14(18)12(3)11-13(7-2)15(19)17(4)5/h12-13H,6-11H2,1-5H3,(H,16,18). The van der Waals surface area contributed by atoms with Crippen LogP contribution in [0.15, 0.2) is 0 Å². The van der Waals surface area contributed by atoms with Crippen LogP contribution in [0.25, 0.3) is 0 Å². The smallest absolute Gasteiger partial charge is 0.225 e. The molecule has 0 aromatic carbocycles. The van der Waals surface area contributed by atoms with Crippen molar-refractivity contribution >= 4 is 11.8 Å². The molecule has 2 unspecified atom stereocenters. The highest BCUT2D eigenvalue weighted by molar-refractivity contribution is 5.81. The van der Waals surface area contributed by atoms with Crippen molar-refractivity contribution in [2.24, 2.45) is 11.8 Å². The number of hydrogen-bond donors (Lipinski definition) is 1. The average molecular weight is 286 g/mol. The van der Waals surface area contributed by atoms with E-state index in [0.717, 1.165) is 19.4 Å². The van der Waals surface area contributed by atoms with Gasteiger partial charge in [0.05, 0.1) is 6.61 Å². The Labute approximate surface area is 123 Å². The minimum atomic E-state index is -0.157. The van der Waals surface area contributed by atoms with E-state index in [2.05, 4.69) is 5.32 Å². The number of carbonyl (C=O) groups is 2. The lowest BCUT2D eigenvalue weighted by Gasteiger charge is -2.22. The third-order valence-electron chi connectivity index (χ3n) is 3.26. The maximum Gasteiger partial charge on any atom is 0.225 e. The predicted octanol–water partition coefficient (Wildman–Crippen LogP) is 1.67. The SMILES string of the molecule is CCCOCCNC(=O)C(C)CC(CC)C(=O)N(C)C. The molecule has 0 aromatic rings. The lowest BCUT2D eigenvalue weighted by atomic mass is 9.92. The van der Waals surface area contributed by atoms with E-state index in [1.807, 2.05) is 20.8 Å². The van der Waals surface area contributed by atoms with Crippen LogP contribution in [-0.2, 0) is 14.3 Å². The van der Waals surface area contributed by atoms with Gasteiger partial charge in [-0.15, -0.1) is 0 Å². The molecular formula is C15H30N2O3. The highest BCUT2D eigenvalue weighted by Crippen LogP contribution is 2.17. The molecule has 0 bridgehead atoms. The molecule has 0 spiro atoms. The summed E-state index contributed by atoms with van der Waals surface area (Å²) in [6.45, 7) is 7.69. The van der Waals surface area contributed by atoms with Crippen LogP contribution >= 0.6 is 0 Å². The van der Waals surface area contributed by atoms with Crippen LogP contribution in [0.3, 0.4) is 0 Å². The van der Waals surface area contributed by atoms with Crippen molar-refractivity contribution in [1.82, 2.24) is 10.2 Å². The second-order valence-electron chi connectivity index (χ2n) is 5.38. The normalized spacial score (nSPS) is 13.7. The molecule has 0 fully saturated rings. The molecule has 0 radical (unpaired) electrons. The molecule has 1 N–H and O–H groups in total. The van der Waals surface area contributed by atoms with Crippen molar-refractivity contribution in [3.05, 3.63) is 0 Å². The molecule has 0 aliphatic heterocycles. The number of amides is 2. The number of hydrogen-bond acceptors (Lipinski definition) is 3. The molecule has 0 aliphatic rings. The molecular weight excluding hydrogens is 256 g/mol. The van der Waals surface area contributed by atoms with Crippen molar-refractivity contribution < 1.29 is 14.3 Å². The van der Waals surface area contributed by atoms with Gasteiger partial charge in [-0.3, -0.25) is 9.59 Å². The highest BCUT2D eigenvalue weighted by atomic mass is 16.5. The fraction of sp³-hybridized carbons (Fsp3) is 0.867. The Bertz CT molecular complexity index is 293. The van der Waals surface area contributed by atoms with Gasteiger partial charge in [-0.25, -0.2) is 0 Å². The van der Waals surface area contributed by atoms with Crippen LogP contribution in [0.2, 0.25) is 0 Å². The van der Waals surface area contributed by atoms with Gasteiger partial charge in [-0.05, 0) is 19.3 Å². The molecule has 0 saturated heterocycles. The lowest BCUT2D eigenvalue weighted by Crippen LogP contribution is -2.36. The van der Waals surface area contributed by atoms with Gasteiger partial charge in [-0.2, -0.15) is 0 Å². The van der Waals surface area contributed by atoms with Crippen LogP contribution in [0.5, 0.6) is 0 Å². The maximum atomic E-state index is 11.9. The molecule has 2 atom stereocenters. The first-order valence-electron chi connectivity index (χ1n) is 7.50. The maximum absolute atomic E-state index is 11.9. The molecule has 0 saturated carbocycles. The zero-order valence-electron chi connectivity index (χ0n) is 13.6. The van der Waals surface area contributed by atoms with Gasteiger partial charge in [-0.1, -0.05) is 20.8 Å². The van der Waals surface area contributed by atoms with Crippen molar-refractivity contribution in [3.8, 4) is 0 Å². The lowest BCUT2D eigenvalue weighted by molar-refractivity contribution is -0.134. The van der Waals surface area contributed by atoms with E-state index < -0.39 is 0 Å². The first-order chi connectivity index (χ1) is 9.43. The van der Waals surface area contributed by atoms with E-state index in [1.54, 1.807) is 19.0 Å². The number of carbonyl (C=O) groups excluding carboxylic acids is 2. The van der Waals surface area contributed by atoms with E-state index >= 15 is 0 Å². The summed E-state index contributed by atoms with van der Waals surface area (Å²) in [5.74, 6) is -0.148. The average Bonchev–Trinajstić information content (AvgIpc) is 2.43. The van der Waals surface area contributed by atoms with Crippen LogP contribution in [0.4, 0.5) is 0 Å². The van der Waals surface area contributed by atoms with Gasteiger partial charge in [0, 0.05) is 39.1 Å². The zero-order chi connectivity index (χ0) is 15.5. The fourth-order valence-corrected chi connectivity index (χ4v) is 2.01. The largest absolute Gasteiger partial charge is 0.380 e. The van der Waals surface area contributed by atoms with Crippen molar-refractivity contribution in [3.63, 3.8) is 0 Å². The van der Waals surface area contributed by atoms with Crippen LogP contribution in [0.1, 0.15) is 40.0 Å². The summed E-state index contributed by atoms with van der Waals surface area (Å²) >= 11 is 0. The molecule has 5 heteroatoms. The first kappa shape index (κ1) is 18.9. The minimum absolute atomic E-state index is 0.00453. The molecule has 118 valence electrons. The van der Waals surface area contributed by atoms with Crippen LogP contribution in [0, 0.1) is 11.8 Å². The summed E-state index contributed by atoms with van der Waals surface area (Å²) in [5.41, 5.74) is 0. The molecule has 0 rings (SSSR count). The Kier molecular flexibility index (Phi) is 10.1. The van der Waals surface area contributed by atoms with E-state index in [9.17, 15) is 9.59 Å². The first-order valence-corrected chi connectivity index (χ1v) is 7.50. The number of nitrogens with one attached hydrogen (secondary N) is 1. The minimum Gasteiger partial charge on any atom is -0.380 e. The Balaban J connectivity index is 4.07. The molecule has 0 heterocycles. The fourth-order valence-electron chi connectivity index (χ4n) is 2.01. The van der Waals surface area contributed by atoms with E-state index in [4.69, 9.17) is 4.74 Å². The van der Waals surface area contributed by atoms with Gasteiger partial charge in [0.25, 0.3) is 0 Å². The summed E-state index contributed by atoms with van der Waals surface area (Å²) in [6.07, 6.45) is 2.33. The van der Waals surface area contributed by atoms with Crippen molar-refractivity contribution in [1.29, 1.82) is 0 Å². The quantitative estimate of drug-likeness (QED) is 0.622. The third-order valence-corrected chi connectivity index (χ3v) is 3.26. The molecule has 5 nitrogen and oxygen atoms in total. The summed E-state index contributed by atoms with van der Waals surface area (Å²) in [6, 6.07) is 0. The van der Waals surface area contributed by atoms with Gasteiger partial charge in [0.1, 0.15) is 0 Å². The second kappa shape index (κ2) is 10.7. The summed E-state index contributed by atoms with van der Waals surface area (Å²) in [5, 5.41) is 2.85. The number of rotatable bonds is 10. The van der Waals surface area contributed by atoms with Crippen LogP contribution < -0.4 is 5.32 Å². The van der Waals surface area contributed by atoms with Gasteiger partial charge in [0.15, 0.2) is 0 Å². The Hall–Kier alpha value is -1.10. The van der Waals surface area contributed by atoms with E-state index in [1.165, 1.54) is 0 Å². The number of ether oxygens (including phenoxy) is 1. The van der Waals surface area contributed by atoms with E-state index in [0.29, 0.717) is 19.6 Å². The molecule has 2 amide bonds. The van der Waals surface area contributed by atoms with Crippen LogP contribution in [-0.4, -0.2) is 50.6 Å². The molecule has 0 aliphatic carbocycles. The van der Waals surface area contributed by atoms with E-state index in [-0.39, 0.29) is 23.7 Å². The van der Waals surface area contributed by atoms with Crippen molar-refractivity contribution in [2.75, 3.05) is 33.9 Å². The number of nitrogens with zero attached hydrogens (tertiary/aromatic N) is 1. The van der Waals surface area contributed by atoms with Gasteiger partial charge < -0.3 is 15.0 Å². The zero-order valence-corrected chi connectivity index (χ0v) is 13.6.